The number of carbonyl (C=O) groups is 4. The number of nitrogens with one attached hydrogen (secondary N) is 1. The number of allylic oxidation sites excluding steroid dienone is 1. The van der Waals surface area contributed by atoms with Crippen LogP contribution in [-0.4, -0.2) is 82.1 Å². The van der Waals surface area contributed by atoms with Gasteiger partial charge in [-0.2, -0.15) is 0 Å². The molecule has 50 heavy (non-hydrogen) atoms. The Labute approximate surface area is 294 Å². The lowest BCUT2D eigenvalue weighted by molar-refractivity contribution is -0.161. The van der Waals surface area contributed by atoms with Gasteiger partial charge in [-0.05, 0) is 43.2 Å². The van der Waals surface area contributed by atoms with Gasteiger partial charge in [-0.1, -0.05) is 92.1 Å². The fraction of sp³-hybridized carbons (Fsp3) is 0.500. The van der Waals surface area contributed by atoms with E-state index in [0.29, 0.717) is 36.9 Å². The predicted octanol–water partition coefficient (Wildman–Crippen LogP) is 4.81. The standard InChI is InChI=1S/C40H49N3O7/c1-3-5-21-33(45)41-25-32(28-17-11-7-12-18-28)49-39(48)34-31-22-23-40(50-31)35(34)37(46)43(30(26-44)27-15-9-6-10-16-27)36(40)38(47)42(24-4-2)29-19-13-8-14-20-29/h3-4,6-7,9-12,15-18,29-32,34-36,44H,1-2,5,8,13-14,19-26H2,(H,41,45)/t30-,31+,32-,34-,35-,36+,40-/m1/s1. The highest BCUT2D eigenvalue weighted by Gasteiger charge is 2.76. The van der Waals surface area contributed by atoms with E-state index in [1.807, 2.05) is 65.6 Å². The van der Waals surface area contributed by atoms with E-state index in [4.69, 9.17) is 9.47 Å². The number of aliphatic hydroxyl groups excluding tert-OH is 1. The monoisotopic (exact) mass is 683 g/mol. The Kier molecular flexibility index (Phi) is 11.2. The summed E-state index contributed by atoms with van der Waals surface area (Å²) in [5.74, 6) is -3.36. The van der Waals surface area contributed by atoms with Crippen LogP contribution in [0.2, 0.25) is 0 Å². The molecule has 3 saturated heterocycles. The Morgan fingerprint density at radius 2 is 1.68 bits per heavy atom. The SMILES string of the molecule is C=CCCC(=O)NC[C@@H](OC(=O)[C@@H]1[C@@H]2CC[C@]3(O2)[C@H](C(=O)N(CC=C)C2CCCCC2)N([C@H](CO)c2ccccc2)C(=O)[C@@H]13)c1ccccc1. The van der Waals surface area contributed by atoms with Crippen molar-refractivity contribution in [3.05, 3.63) is 97.1 Å². The van der Waals surface area contributed by atoms with E-state index < -0.39 is 60.2 Å². The van der Waals surface area contributed by atoms with Crippen LogP contribution in [0, 0.1) is 11.8 Å². The molecule has 3 heterocycles. The minimum Gasteiger partial charge on any atom is -0.455 e. The van der Waals surface area contributed by atoms with Crippen LogP contribution in [-0.2, 0) is 28.7 Å². The largest absolute Gasteiger partial charge is 0.455 e. The average molecular weight is 684 g/mol. The molecule has 2 N–H and O–H groups in total. The summed E-state index contributed by atoms with van der Waals surface area (Å²) in [5, 5.41) is 13.7. The van der Waals surface area contributed by atoms with E-state index in [0.717, 1.165) is 32.1 Å². The lowest BCUT2D eigenvalue weighted by atomic mass is 9.70. The zero-order chi connectivity index (χ0) is 35.3. The second-order valence-electron chi connectivity index (χ2n) is 13.9. The van der Waals surface area contributed by atoms with Crippen molar-refractivity contribution in [1.29, 1.82) is 0 Å². The first-order valence-electron chi connectivity index (χ1n) is 18.0. The normalized spacial score (nSPS) is 26.9. The quantitative estimate of drug-likeness (QED) is 0.204. The van der Waals surface area contributed by atoms with Gasteiger partial charge in [0.15, 0.2) is 0 Å². The molecule has 2 aromatic carbocycles. The molecule has 1 saturated carbocycles. The molecule has 10 heteroatoms. The summed E-state index contributed by atoms with van der Waals surface area (Å²) in [4.78, 5) is 60.1. The Morgan fingerprint density at radius 1 is 1.00 bits per heavy atom. The molecule has 3 amide bonds. The second-order valence-corrected chi connectivity index (χ2v) is 13.9. The van der Waals surface area contributed by atoms with E-state index >= 15 is 0 Å². The van der Waals surface area contributed by atoms with Gasteiger partial charge >= 0.3 is 5.97 Å². The number of fused-ring (bicyclic) bond motifs is 1. The van der Waals surface area contributed by atoms with Crippen LogP contribution in [0.3, 0.4) is 0 Å². The first-order chi connectivity index (χ1) is 24.3. The van der Waals surface area contributed by atoms with E-state index in [1.165, 1.54) is 4.90 Å². The van der Waals surface area contributed by atoms with Crippen LogP contribution < -0.4 is 5.32 Å². The fourth-order valence-electron chi connectivity index (χ4n) is 8.75. The molecule has 1 aliphatic carbocycles. The van der Waals surface area contributed by atoms with Crippen LogP contribution in [0.25, 0.3) is 0 Å². The molecule has 7 atom stereocenters. The first-order valence-corrected chi connectivity index (χ1v) is 18.0. The molecule has 2 bridgehead atoms. The van der Waals surface area contributed by atoms with Gasteiger partial charge in [-0.3, -0.25) is 19.2 Å². The molecule has 0 unspecified atom stereocenters. The highest BCUT2D eigenvalue weighted by Crippen LogP contribution is 2.60. The Hall–Kier alpha value is -4.28. The third-order valence-corrected chi connectivity index (χ3v) is 11.1. The number of benzene rings is 2. The maximum absolute atomic E-state index is 15.0. The van der Waals surface area contributed by atoms with Gasteiger partial charge in [-0.25, -0.2) is 0 Å². The van der Waals surface area contributed by atoms with Crippen molar-refractivity contribution in [2.45, 2.75) is 93.7 Å². The minimum absolute atomic E-state index is 0.00126. The molecule has 4 fully saturated rings. The van der Waals surface area contributed by atoms with Crippen molar-refractivity contribution in [1.82, 2.24) is 15.1 Å². The molecule has 1 spiro atoms. The highest BCUT2D eigenvalue weighted by atomic mass is 16.6. The van der Waals surface area contributed by atoms with Gasteiger partial charge in [0.25, 0.3) is 0 Å². The number of ether oxygens (including phenoxy) is 2. The van der Waals surface area contributed by atoms with Gasteiger partial charge in [0.1, 0.15) is 17.7 Å². The van der Waals surface area contributed by atoms with Gasteiger partial charge in [0.2, 0.25) is 17.7 Å². The number of hydrogen-bond acceptors (Lipinski definition) is 7. The summed E-state index contributed by atoms with van der Waals surface area (Å²) in [5.41, 5.74) is 0.128. The summed E-state index contributed by atoms with van der Waals surface area (Å²) in [7, 11) is 0. The van der Waals surface area contributed by atoms with Crippen LogP contribution in [0.1, 0.15) is 81.1 Å². The molecular formula is C40H49N3O7. The second kappa shape index (κ2) is 15.7. The smallest absolute Gasteiger partial charge is 0.313 e. The van der Waals surface area contributed by atoms with Crippen molar-refractivity contribution >= 4 is 23.7 Å². The Bertz CT molecular complexity index is 1540. The van der Waals surface area contributed by atoms with Crippen LogP contribution >= 0.6 is 0 Å². The number of hydrogen-bond donors (Lipinski definition) is 2. The molecule has 2 aromatic rings. The van der Waals surface area contributed by atoms with Crippen molar-refractivity contribution in [2.24, 2.45) is 11.8 Å². The summed E-state index contributed by atoms with van der Waals surface area (Å²) in [6, 6.07) is 16.5. The first kappa shape index (κ1) is 35.5. The summed E-state index contributed by atoms with van der Waals surface area (Å²) in [6.07, 6.45) is 8.53. The summed E-state index contributed by atoms with van der Waals surface area (Å²) in [6.45, 7) is 7.58. The van der Waals surface area contributed by atoms with E-state index in [2.05, 4.69) is 18.5 Å². The molecule has 0 radical (unpaired) electrons. The zero-order valence-corrected chi connectivity index (χ0v) is 28.7. The molecule has 4 aliphatic rings. The van der Waals surface area contributed by atoms with Crippen molar-refractivity contribution in [3.63, 3.8) is 0 Å². The van der Waals surface area contributed by atoms with Crippen LogP contribution in [0.5, 0.6) is 0 Å². The average Bonchev–Trinajstić information content (AvgIpc) is 3.80. The van der Waals surface area contributed by atoms with Crippen LogP contribution in [0.4, 0.5) is 0 Å². The minimum atomic E-state index is -1.26. The Morgan fingerprint density at radius 3 is 2.32 bits per heavy atom. The summed E-state index contributed by atoms with van der Waals surface area (Å²) >= 11 is 0. The third kappa shape index (κ3) is 6.75. The lowest BCUT2D eigenvalue weighted by Gasteiger charge is -2.42. The number of esters is 1. The maximum atomic E-state index is 15.0. The lowest BCUT2D eigenvalue weighted by Crippen LogP contribution is -2.59. The molecule has 6 rings (SSSR count). The maximum Gasteiger partial charge on any atom is 0.313 e. The van der Waals surface area contributed by atoms with Gasteiger partial charge in [-0.15, -0.1) is 13.2 Å². The number of nitrogens with zero attached hydrogens (tertiary/aromatic N) is 2. The van der Waals surface area contributed by atoms with E-state index in [-0.39, 0.29) is 30.8 Å². The number of rotatable bonds is 15. The van der Waals surface area contributed by atoms with E-state index in [1.54, 1.807) is 12.2 Å². The number of aliphatic hydroxyl groups is 1. The summed E-state index contributed by atoms with van der Waals surface area (Å²) < 4.78 is 12.9. The molecule has 3 aliphatic heterocycles. The van der Waals surface area contributed by atoms with Crippen LogP contribution in [0.15, 0.2) is 86.0 Å². The van der Waals surface area contributed by atoms with Gasteiger partial charge in [0.05, 0.1) is 37.1 Å². The fourth-order valence-corrected chi connectivity index (χ4v) is 8.75. The topological polar surface area (TPSA) is 125 Å². The molecular weight excluding hydrogens is 634 g/mol. The highest BCUT2D eigenvalue weighted by molar-refractivity contribution is 5.98. The van der Waals surface area contributed by atoms with Gasteiger partial charge in [0, 0.05) is 19.0 Å². The van der Waals surface area contributed by atoms with Crippen molar-refractivity contribution in [2.75, 3.05) is 19.7 Å². The number of amides is 3. The zero-order valence-electron chi connectivity index (χ0n) is 28.7. The molecule has 10 nitrogen and oxygen atoms in total. The number of likely N-dealkylation sites (tertiary alicyclic amines) is 1. The number of carbonyl (C=O) groups excluding carboxylic acids is 4. The predicted molar refractivity (Wildman–Crippen MR) is 187 cm³/mol. The Balaban J connectivity index is 1.35. The van der Waals surface area contributed by atoms with Gasteiger partial charge < -0.3 is 29.7 Å². The molecule has 0 aromatic heterocycles. The third-order valence-electron chi connectivity index (χ3n) is 11.1. The van der Waals surface area contributed by atoms with Crippen molar-refractivity contribution in [3.8, 4) is 0 Å². The van der Waals surface area contributed by atoms with Crippen molar-refractivity contribution < 1.29 is 33.8 Å². The molecule has 266 valence electrons. The van der Waals surface area contributed by atoms with E-state index in [9.17, 15) is 24.3 Å².